The minimum atomic E-state index is -0.433. The molecule has 3 heterocycles. The van der Waals surface area contributed by atoms with E-state index in [1.807, 2.05) is 6.21 Å². The summed E-state index contributed by atoms with van der Waals surface area (Å²) in [6.07, 6.45) is 1.74. The number of carbonyl (C=O) groups excluding carboxylic acids is 1. The van der Waals surface area contributed by atoms with Crippen molar-refractivity contribution < 1.29 is 14.3 Å². The largest absolute Gasteiger partial charge is 0.467 e. The van der Waals surface area contributed by atoms with E-state index in [0.29, 0.717) is 19.8 Å². The first-order valence-electron chi connectivity index (χ1n) is 8.95. The third-order valence-electron chi connectivity index (χ3n) is 5.09. The van der Waals surface area contributed by atoms with E-state index in [1.165, 1.54) is 12.7 Å². The number of hydrogen-bond acceptors (Lipinski definition) is 7. The number of aryl methyl sites for hydroxylation is 1. The predicted octanol–water partition coefficient (Wildman–Crippen LogP) is 1.03. The highest BCUT2D eigenvalue weighted by Gasteiger charge is 2.43. The SMILES string of the molecule is COC(=O)C1CN=CC2=C(N3CCOCC3)NC(c3ccc(C)cc3)N21. The number of aliphatic imine (C=N–C) groups is 1. The molecule has 7 heteroatoms. The Balaban J connectivity index is 1.73. The van der Waals surface area contributed by atoms with E-state index >= 15 is 0 Å². The normalized spacial score (nSPS) is 25.2. The van der Waals surface area contributed by atoms with Crippen molar-refractivity contribution in [2.24, 2.45) is 4.99 Å². The number of hydrogen-bond donors (Lipinski definition) is 1. The lowest BCUT2D eigenvalue weighted by molar-refractivity contribution is -0.146. The number of esters is 1. The molecule has 1 fully saturated rings. The second-order valence-electron chi connectivity index (χ2n) is 6.73. The Morgan fingerprint density at radius 3 is 2.69 bits per heavy atom. The van der Waals surface area contributed by atoms with Crippen LogP contribution in [-0.2, 0) is 14.3 Å². The van der Waals surface area contributed by atoms with E-state index in [0.717, 1.165) is 30.2 Å². The molecule has 1 aromatic rings. The first-order valence-corrected chi connectivity index (χ1v) is 8.95. The van der Waals surface area contributed by atoms with Crippen LogP contribution in [0.4, 0.5) is 0 Å². The zero-order valence-corrected chi connectivity index (χ0v) is 15.1. The van der Waals surface area contributed by atoms with Gasteiger partial charge in [-0.3, -0.25) is 4.99 Å². The highest BCUT2D eigenvalue weighted by Crippen LogP contribution is 2.36. The molecule has 0 spiro atoms. The third-order valence-corrected chi connectivity index (χ3v) is 5.09. The minimum absolute atomic E-state index is 0.126. The summed E-state index contributed by atoms with van der Waals surface area (Å²) in [5, 5.41) is 3.62. The molecule has 3 aliphatic heterocycles. The van der Waals surface area contributed by atoms with Crippen LogP contribution in [0.3, 0.4) is 0 Å². The fraction of sp³-hybridized carbons (Fsp3) is 0.474. The zero-order chi connectivity index (χ0) is 18.1. The fourth-order valence-electron chi connectivity index (χ4n) is 3.69. The Labute approximate surface area is 153 Å². The summed E-state index contributed by atoms with van der Waals surface area (Å²) < 4.78 is 10.5. The van der Waals surface area contributed by atoms with Gasteiger partial charge in [-0.1, -0.05) is 29.8 Å². The maximum atomic E-state index is 12.4. The number of fused-ring (bicyclic) bond motifs is 1. The van der Waals surface area contributed by atoms with Crippen molar-refractivity contribution in [1.82, 2.24) is 15.1 Å². The molecule has 26 heavy (non-hydrogen) atoms. The van der Waals surface area contributed by atoms with Crippen molar-refractivity contribution in [3.63, 3.8) is 0 Å². The van der Waals surface area contributed by atoms with Gasteiger partial charge in [-0.15, -0.1) is 0 Å². The molecular weight excluding hydrogens is 332 g/mol. The molecule has 138 valence electrons. The number of ether oxygens (including phenoxy) is 2. The van der Waals surface area contributed by atoms with Crippen molar-refractivity contribution in [3.05, 3.63) is 46.9 Å². The standard InChI is InChI=1S/C19H24N4O3/c1-13-3-5-14(6-4-13)17-21-18(22-7-9-26-10-8-22)15-11-20-12-16(23(15)17)19(24)25-2/h3-6,11,16-17,21H,7-10,12H2,1-2H3. The molecule has 7 nitrogen and oxygen atoms in total. The molecule has 2 atom stereocenters. The number of carbonyl (C=O) groups is 1. The first-order chi connectivity index (χ1) is 12.7. The molecule has 0 aliphatic carbocycles. The molecule has 4 rings (SSSR count). The van der Waals surface area contributed by atoms with Gasteiger partial charge in [0.1, 0.15) is 18.0 Å². The van der Waals surface area contributed by atoms with Gasteiger partial charge in [-0.2, -0.15) is 0 Å². The van der Waals surface area contributed by atoms with Gasteiger partial charge in [0.25, 0.3) is 0 Å². The van der Waals surface area contributed by atoms with Gasteiger partial charge in [-0.05, 0) is 12.5 Å². The summed E-state index contributed by atoms with van der Waals surface area (Å²) in [6.45, 7) is 5.50. The first kappa shape index (κ1) is 16.9. The van der Waals surface area contributed by atoms with Gasteiger partial charge in [0.15, 0.2) is 0 Å². The average molecular weight is 356 g/mol. The molecule has 1 saturated heterocycles. The van der Waals surface area contributed by atoms with Crippen LogP contribution >= 0.6 is 0 Å². The predicted molar refractivity (Wildman–Crippen MR) is 97.5 cm³/mol. The van der Waals surface area contributed by atoms with E-state index < -0.39 is 6.04 Å². The van der Waals surface area contributed by atoms with Crippen LogP contribution in [0.15, 0.2) is 40.8 Å². The lowest BCUT2D eigenvalue weighted by atomic mass is 10.1. The molecule has 3 aliphatic rings. The monoisotopic (exact) mass is 356 g/mol. The summed E-state index contributed by atoms with van der Waals surface area (Å²) in [4.78, 5) is 21.2. The smallest absolute Gasteiger partial charge is 0.330 e. The summed E-state index contributed by atoms with van der Waals surface area (Å²) in [6, 6.07) is 7.96. The Hall–Kier alpha value is -2.54. The van der Waals surface area contributed by atoms with Crippen LogP contribution in [0.1, 0.15) is 17.3 Å². The van der Waals surface area contributed by atoms with Gasteiger partial charge >= 0.3 is 5.97 Å². The lowest BCUT2D eigenvalue weighted by Crippen LogP contribution is -2.47. The number of benzene rings is 1. The summed E-state index contributed by atoms with van der Waals surface area (Å²) in [7, 11) is 1.43. The molecule has 0 saturated carbocycles. The molecule has 2 unspecified atom stereocenters. The van der Waals surface area contributed by atoms with E-state index in [-0.39, 0.29) is 12.1 Å². The number of rotatable bonds is 3. The molecule has 0 bridgehead atoms. The number of nitrogens with zero attached hydrogens (tertiary/aromatic N) is 3. The quantitative estimate of drug-likeness (QED) is 0.816. The molecular formula is C19H24N4O3. The van der Waals surface area contributed by atoms with Crippen LogP contribution in [-0.4, -0.2) is 68.0 Å². The highest BCUT2D eigenvalue weighted by atomic mass is 16.5. The van der Waals surface area contributed by atoms with Gasteiger partial charge in [0.05, 0.1) is 32.6 Å². The number of allylic oxidation sites excluding steroid dienone is 1. The Morgan fingerprint density at radius 1 is 1.27 bits per heavy atom. The van der Waals surface area contributed by atoms with Crippen LogP contribution in [0.5, 0.6) is 0 Å². The molecule has 0 radical (unpaired) electrons. The molecule has 1 aromatic carbocycles. The van der Waals surface area contributed by atoms with Crippen LogP contribution in [0.2, 0.25) is 0 Å². The summed E-state index contributed by atoms with van der Waals surface area (Å²) in [5.41, 5.74) is 3.26. The van der Waals surface area contributed by atoms with E-state index in [9.17, 15) is 4.79 Å². The number of methoxy groups -OCH3 is 1. The molecule has 0 aromatic heterocycles. The topological polar surface area (TPSA) is 66.4 Å². The van der Waals surface area contributed by atoms with Crippen molar-refractivity contribution in [1.29, 1.82) is 0 Å². The van der Waals surface area contributed by atoms with Gasteiger partial charge in [0, 0.05) is 19.3 Å². The van der Waals surface area contributed by atoms with Crippen molar-refractivity contribution in [2.45, 2.75) is 19.1 Å². The van der Waals surface area contributed by atoms with Crippen LogP contribution < -0.4 is 5.32 Å². The Kier molecular flexibility index (Phi) is 4.55. The summed E-state index contributed by atoms with van der Waals surface area (Å²) in [5.74, 6) is 0.748. The second-order valence-corrected chi connectivity index (χ2v) is 6.73. The maximum Gasteiger partial charge on any atom is 0.330 e. The maximum absolute atomic E-state index is 12.4. The summed E-state index contributed by atoms with van der Waals surface area (Å²) >= 11 is 0. The van der Waals surface area contributed by atoms with Gasteiger partial charge in [-0.25, -0.2) is 4.79 Å². The van der Waals surface area contributed by atoms with Crippen LogP contribution in [0.25, 0.3) is 0 Å². The molecule has 1 N–H and O–H groups in total. The van der Waals surface area contributed by atoms with Crippen LogP contribution in [0, 0.1) is 6.92 Å². The van der Waals surface area contributed by atoms with Crippen molar-refractivity contribution >= 4 is 12.2 Å². The van der Waals surface area contributed by atoms with Crippen molar-refractivity contribution in [2.75, 3.05) is 40.0 Å². The highest BCUT2D eigenvalue weighted by molar-refractivity contribution is 5.86. The van der Waals surface area contributed by atoms with E-state index in [1.54, 1.807) is 0 Å². The minimum Gasteiger partial charge on any atom is -0.467 e. The second kappa shape index (κ2) is 6.99. The fourth-order valence-corrected chi connectivity index (χ4v) is 3.69. The number of nitrogens with one attached hydrogen (secondary N) is 1. The van der Waals surface area contributed by atoms with E-state index in [2.05, 4.69) is 51.3 Å². The zero-order valence-electron chi connectivity index (χ0n) is 15.1. The van der Waals surface area contributed by atoms with E-state index in [4.69, 9.17) is 9.47 Å². The van der Waals surface area contributed by atoms with Gasteiger partial charge in [0.2, 0.25) is 0 Å². The lowest BCUT2D eigenvalue weighted by Gasteiger charge is -2.35. The Morgan fingerprint density at radius 2 is 2.00 bits per heavy atom. The molecule has 0 amide bonds. The third kappa shape index (κ3) is 2.92. The average Bonchev–Trinajstić information content (AvgIpc) is 3.08. The van der Waals surface area contributed by atoms with Gasteiger partial charge < -0.3 is 24.6 Å². The van der Waals surface area contributed by atoms with Crippen molar-refractivity contribution in [3.8, 4) is 0 Å². The number of morpholine rings is 1. The Bertz CT molecular complexity index is 738.